The van der Waals surface area contributed by atoms with Gasteiger partial charge in [0.2, 0.25) is 5.91 Å². The molecule has 0 spiro atoms. The van der Waals surface area contributed by atoms with Crippen LogP contribution in [0.15, 0.2) is 18.2 Å². The Labute approximate surface area is 123 Å². The molecule has 1 aliphatic rings. The van der Waals surface area contributed by atoms with Crippen LogP contribution in [-0.4, -0.2) is 30.4 Å². The lowest BCUT2D eigenvalue weighted by atomic mass is 9.90. The molecule has 1 fully saturated rings. The van der Waals surface area contributed by atoms with E-state index in [0.29, 0.717) is 19.6 Å². The van der Waals surface area contributed by atoms with Gasteiger partial charge in [-0.1, -0.05) is 6.92 Å². The van der Waals surface area contributed by atoms with Gasteiger partial charge < -0.3 is 10.6 Å². The molecule has 20 heavy (non-hydrogen) atoms. The maximum absolute atomic E-state index is 13.5. The van der Waals surface area contributed by atoms with Gasteiger partial charge in [0, 0.05) is 18.7 Å². The zero-order chi connectivity index (χ0) is 14.0. The number of halogens is 3. The first-order chi connectivity index (χ1) is 8.93. The summed E-state index contributed by atoms with van der Waals surface area (Å²) in [6.45, 7) is 3.76. The lowest BCUT2D eigenvalue weighted by molar-refractivity contribution is -0.129. The number of nitrogens with zero attached hydrogens (tertiary/aromatic N) is 1. The molecule has 1 aromatic carbocycles. The molecule has 3 nitrogen and oxygen atoms in total. The third-order valence-electron chi connectivity index (χ3n) is 3.75. The summed E-state index contributed by atoms with van der Waals surface area (Å²) >= 11 is 0. The number of hydrogen-bond donors (Lipinski definition) is 1. The molecule has 112 valence electrons. The zero-order valence-corrected chi connectivity index (χ0v) is 12.2. The Morgan fingerprint density at radius 1 is 1.45 bits per heavy atom. The largest absolute Gasteiger partial charge is 0.342 e. The van der Waals surface area contributed by atoms with E-state index in [0.717, 1.165) is 24.6 Å². The minimum atomic E-state index is -0.546. The second-order valence-electron chi connectivity index (χ2n) is 5.49. The Hall–Kier alpha value is -1.20. The molecule has 0 aromatic heterocycles. The average molecular weight is 305 g/mol. The highest BCUT2D eigenvalue weighted by Gasteiger charge is 2.34. The van der Waals surface area contributed by atoms with Crippen molar-refractivity contribution in [3.63, 3.8) is 0 Å². The van der Waals surface area contributed by atoms with Crippen LogP contribution in [0.5, 0.6) is 0 Å². The minimum absolute atomic E-state index is 0. The summed E-state index contributed by atoms with van der Waals surface area (Å²) in [6.07, 6.45) is 0.741. The number of amides is 1. The van der Waals surface area contributed by atoms with E-state index < -0.39 is 11.6 Å². The van der Waals surface area contributed by atoms with Crippen LogP contribution < -0.4 is 5.73 Å². The summed E-state index contributed by atoms with van der Waals surface area (Å²) in [5, 5.41) is 0. The predicted molar refractivity (Wildman–Crippen MR) is 75.7 cm³/mol. The van der Waals surface area contributed by atoms with Crippen LogP contribution >= 0.6 is 12.4 Å². The highest BCUT2D eigenvalue weighted by molar-refractivity contribution is 5.85. The number of nitrogens with two attached hydrogens (primary N) is 1. The highest BCUT2D eigenvalue weighted by Crippen LogP contribution is 2.29. The number of benzene rings is 1. The fraction of sp³-hybridized carbons (Fsp3) is 0.500. The smallest absolute Gasteiger partial charge is 0.227 e. The molecular formula is C14H19ClF2N2O. The van der Waals surface area contributed by atoms with Crippen molar-refractivity contribution < 1.29 is 13.6 Å². The Morgan fingerprint density at radius 2 is 2.15 bits per heavy atom. The van der Waals surface area contributed by atoms with Gasteiger partial charge in [-0.05, 0) is 36.6 Å². The van der Waals surface area contributed by atoms with E-state index in [1.807, 2.05) is 6.92 Å². The summed E-state index contributed by atoms with van der Waals surface area (Å²) in [5.41, 5.74) is 5.72. The van der Waals surface area contributed by atoms with Crippen LogP contribution in [0, 0.1) is 17.0 Å². The number of likely N-dealkylation sites (tertiary alicyclic amines) is 1. The van der Waals surface area contributed by atoms with Crippen LogP contribution in [-0.2, 0) is 11.2 Å². The van der Waals surface area contributed by atoms with Gasteiger partial charge in [0.1, 0.15) is 11.6 Å². The number of carbonyl (C=O) groups is 1. The topological polar surface area (TPSA) is 46.3 Å². The Morgan fingerprint density at radius 3 is 2.75 bits per heavy atom. The Bertz CT molecular complexity index is 498. The molecule has 1 unspecified atom stereocenters. The quantitative estimate of drug-likeness (QED) is 0.930. The number of rotatable bonds is 3. The van der Waals surface area contributed by atoms with E-state index in [1.165, 1.54) is 0 Å². The van der Waals surface area contributed by atoms with E-state index in [4.69, 9.17) is 5.73 Å². The average Bonchev–Trinajstić information content (AvgIpc) is 2.77. The molecule has 0 aliphatic carbocycles. The fourth-order valence-electron chi connectivity index (χ4n) is 2.36. The van der Waals surface area contributed by atoms with E-state index in [2.05, 4.69) is 0 Å². The van der Waals surface area contributed by atoms with Crippen molar-refractivity contribution in [2.24, 2.45) is 11.1 Å². The summed E-state index contributed by atoms with van der Waals surface area (Å²) in [7, 11) is 0. The zero-order valence-electron chi connectivity index (χ0n) is 11.4. The predicted octanol–water partition coefficient (Wildman–Crippen LogP) is 2.13. The molecule has 2 rings (SSSR count). The second kappa shape index (κ2) is 6.50. The monoisotopic (exact) mass is 304 g/mol. The van der Waals surface area contributed by atoms with Crippen LogP contribution in [0.4, 0.5) is 8.78 Å². The van der Waals surface area contributed by atoms with E-state index in [9.17, 15) is 13.6 Å². The van der Waals surface area contributed by atoms with E-state index in [-0.39, 0.29) is 35.7 Å². The third kappa shape index (κ3) is 3.67. The van der Waals surface area contributed by atoms with Crippen molar-refractivity contribution in [1.29, 1.82) is 0 Å². The second-order valence-corrected chi connectivity index (χ2v) is 5.49. The summed E-state index contributed by atoms with van der Waals surface area (Å²) < 4.78 is 26.5. The molecule has 1 atom stereocenters. The first kappa shape index (κ1) is 16.9. The van der Waals surface area contributed by atoms with Crippen molar-refractivity contribution in [3.05, 3.63) is 35.4 Å². The van der Waals surface area contributed by atoms with Gasteiger partial charge in [0.15, 0.2) is 0 Å². The molecule has 0 saturated carbocycles. The van der Waals surface area contributed by atoms with Crippen LogP contribution in [0.25, 0.3) is 0 Å². The standard InChI is InChI=1S/C14H18F2N2O.ClH/c1-14(8-17)4-5-18(9-14)13(19)7-10-6-11(15)2-3-12(10)16;/h2-3,6H,4-5,7-9,17H2,1H3;1H. The molecule has 1 saturated heterocycles. The van der Waals surface area contributed by atoms with Gasteiger partial charge in [0.25, 0.3) is 0 Å². The lowest BCUT2D eigenvalue weighted by Gasteiger charge is -2.22. The van der Waals surface area contributed by atoms with Crippen LogP contribution in [0.2, 0.25) is 0 Å². The molecule has 1 aromatic rings. The maximum Gasteiger partial charge on any atom is 0.227 e. The molecule has 0 bridgehead atoms. The van der Waals surface area contributed by atoms with Crippen LogP contribution in [0.3, 0.4) is 0 Å². The van der Waals surface area contributed by atoms with Crippen molar-refractivity contribution in [1.82, 2.24) is 4.90 Å². The van der Waals surface area contributed by atoms with Crippen LogP contribution in [0.1, 0.15) is 18.9 Å². The molecule has 1 heterocycles. The molecule has 1 aliphatic heterocycles. The molecule has 2 N–H and O–H groups in total. The molecule has 0 radical (unpaired) electrons. The normalized spacial score (nSPS) is 21.7. The van der Waals surface area contributed by atoms with Gasteiger partial charge in [0.05, 0.1) is 6.42 Å². The van der Waals surface area contributed by atoms with Gasteiger partial charge in [-0.15, -0.1) is 12.4 Å². The maximum atomic E-state index is 13.5. The van der Waals surface area contributed by atoms with Crippen molar-refractivity contribution in [3.8, 4) is 0 Å². The lowest BCUT2D eigenvalue weighted by Crippen LogP contribution is -2.35. The van der Waals surface area contributed by atoms with E-state index >= 15 is 0 Å². The number of hydrogen-bond acceptors (Lipinski definition) is 2. The van der Waals surface area contributed by atoms with Crippen molar-refractivity contribution in [2.45, 2.75) is 19.8 Å². The van der Waals surface area contributed by atoms with Gasteiger partial charge >= 0.3 is 0 Å². The first-order valence-corrected chi connectivity index (χ1v) is 6.35. The van der Waals surface area contributed by atoms with Gasteiger partial charge in [-0.25, -0.2) is 8.78 Å². The highest BCUT2D eigenvalue weighted by atomic mass is 35.5. The van der Waals surface area contributed by atoms with Crippen molar-refractivity contribution >= 4 is 18.3 Å². The summed E-state index contributed by atoms with van der Waals surface area (Å²) in [4.78, 5) is 13.8. The molecular weight excluding hydrogens is 286 g/mol. The third-order valence-corrected chi connectivity index (χ3v) is 3.75. The summed E-state index contributed by atoms with van der Waals surface area (Å²) in [5.74, 6) is -1.25. The van der Waals surface area contributed by atoms with Crippen molar-refractivity contribution in [2.75, 3.05) is 19.6 Å². The Balaban J connectivity index is 0.00000200. The van der Waals surface area contributed by atoms with Gasteiger partial charge in [-0.3, -0.25) is 4.79 Å². The number of carbonyl (C=O) groups excluding carboxylic acids is 1. The fourth-order valence-corrected chi connectivity index (χ4v) is 2.36. The first-order valence-electron chi connectivity index (χ1n) is 6.35. The van der Waals surface area contributed by atoms with Gasteiger partial charge in [-0.2, -0.15) is 0 Å². The summed E-state index contributed by atoms with van der Waals surface area (Å²) in [6, 6.07) is 3.17. The minimum Gasteiger partial charge on any atom is -0.342 e. The SMILES string of the molecule is CC1(CN)CCN(C(=O)Cc2cc(F)ccc2F)C1.Cl. The Kier molecular flexibility index (Phi) is 5.48. The van der Waals surface area contributed by atoms with E-state index in [1.54, 1.807) is 4.90 Å². The molecule has 1 amide bonds. The molecule has 6 heteroatoms.